The van der Waals surface area contributed by atoms with Crippen molar-refractivity contribution in [1.29, 1.82) is 5.26 Å². The van der Waals surface area contributed by atoms with Crippen molar-refractivity contribution in [1.82, 2.24) is 0 Å². The Labute approximate surface area is 125 Å². The molecule has 0 amide bonds. The molecule has 1 aromatic carbocycles. The highest BCUT2D eigenvalue weighted by Gasteiger charge is 2.47. The maximum absolute atomic E-state index is 13.1. The van der Waals surface area contributed by atoms with Crippen molar-refractivity contribution in [2.24, 2.45) is 0 Å². The third kappa shape index (κ3) is 2.77. The number of carboxylic acid groups (broad SMARTS) is 1. The minimum Gasteiger partial charge on any atom is -0.480 e. The number of hydrogen-bond acceptors (Lipinski definition) is 3. The van der Waals surface area contributed by atoms with Crippen LogP contribution in [0.2, 0.25) is 0 Å². The molecule has 0 saturated carbocycles. The van der Waals surface area contributed by atoms with Crippen molar-refractivity contribution >= 4 is 11.7 Å². The van der Waals surface area contributed by atoms with Gasteiger partial charge in [0.25, 0.3) is 0 Å². The second kappa shape index (κ2) is 5.72. The van der Waals surface area contributed by atoms with Gasteiger partial charge in [-0.05, 0) is 24.6 Å². The molecule has 7 heteroatoms. The van der Waals surface area contributed by atoms with Crippen LogP contribution >= 0.6 is 0 Å². The number of rotatable bonds is 3. The number of aliphatic carboxylic acids is 1. The Hall–Kier alpha value is -2.49. The molecule has 1 aliphatic rings. The lowest BCUT2D eigenvalue weighted by Gasteiger charge is -2.27. The van der Waals surface area contributed by atoms with Crippen molar-refractivity contribution in [3.05, 3.63) is 41.1 Å². The molecule has 0 bridgehead atoms. The Morgan fingerprint density at radius 3 is 2.68 bits per heavy atom. The van der Waals surface area contributed by atoms with Gasteiger partial charge in [-0.2, -0.15) is 18.4 Å². The normalized spacial score (nSPS) is 18.5. The van der Waals surface area contributed by atoms with E-state index in [4.69, 9.17) is 5.26 Å². The number of carbonyl (C=O) groups is 1. The number of benzene rings is 1. The van der Waals surface area contributed by atoms with E-state index in [2.05, 4.69) is 0 Å². The lowest BCUT2D eigenvalue weighted by molar-refractivity contribution is -0.138. The molecule has 1 aromatic rings. The summed E-state index contributed by atoms with van der Waals surface area (Å²) in [5, 5.41) is 18.2. The molecule has 1 atom stereocenters. The largest absolute Gasteiger partial charge is 0.480 e. The van der Waals surface area contributed by atoms with Gasteiger partial charge in [0.1, 0.15) is 6.04 Å². The zero-order chi connectivity index (χ0) is 16.5. The zero-order valence-corrected chi connectivity index (χ0v) is 11.7. The number of anilines is 1. The Morgan fingerprint density at radius 2 is 2.18 bits per heavy atom. The predicted molar refractivity (Wildman–Crippen MR) is 73.0 cm³/mol. The standard InChI is InChI=1S/C15H13F3N2O2/c1-2-12-11(15(16,17)18)7-13(14(21)22)20(12)10-5-3-4-9(6-10)8-19/h3-6,13H,2,7H2,1H3,(H,21,22). The topological polar surface area (TPSA) is 64.3 Å². The summed E-state index contributed by atoms with van der Waals surface area (Å²) in [6.45, 7) is 1.55. The molecule has 2 rings (SSSR count). The molecule has 116 valence electrons. The van der Waals surface area contributed by atoms with E-state index in [1.165, 1.54) is 29.2 Å². The average Bonchev–Trinajstić information content (AvgIpc) is 2.87. The summed E-state index contributed by atoms with van der Waals surface area (Å²) < 4.78 is 39.4. The molecule has 0 saturated heterocycles. The maximum Gasteiger partial charge on any atom is 0.414 e. The Kier molecular flexibility index (Phi) is 4.13. The molecule has 22 heavy (non-hydrogen) atoms. The highest BCUT2D eigenvalue weighted by atomic mass is 19.4. The average molecular weight is 310 g/mol. The molecule has 1 aliphatic heterocycles. The van der Waals surface area contributed by atoms with Gasteiger partial charge >= 0.3 is 12.1 Å². The first-order chi connectivity index (χ1) is 10.3. The SMILES string of the molecule is CCC1=C(C(F)(F)F)CC(C(=O)O)N1c1cccc(C#N)c1. The molecule has 0 spiro atoms. The quantitative estimate of drug-likeness (QED) is 0.928. The number of alkyl halides is 3. The van der Waals surface area contributed by atoms with Gasteiger partial charge in [-0.25, -0.2) is 4.79 Å². The van der Waals surface area contributed by atoms with Gasteiger partial charge in [-0.15, -0.1) is 0 Å². The van der Waals surface area contributed by atoms with Crippen molar-refractivity contribution in [2.75, 3.05) is 4.90 Å². The van der Waals surface area contributed by atoms with Crippen LogP contribution in [0.4, 0.5) is 18.9 Å². The first kappa shape index (κ1) is 15.9. The molecule has 1 heterocycles. The van der Waals surface area contributed by atoms with Gasteiger partial charge in [0.15, 0.2) is 0 Å². The van der Waals surface area contributed by atoms with E-state index in [-0.39, 0.29) is 23.4 Å². The molecule has 1 unspecified atom stereocenters. The highest BCUT2D eigenvalue weighted by Crippen LogP contribution is 2.43. The highest BCUT2D eigenvalue weighted by molar-refractivity contribution is 5.82. The smallest absolute Gasteiger partial charge is 0.414 e. The zero-order valence-electron chi connectivity index (χ0n) is 11.7. The number of nitrogens with zero attached hydrogens (tertiary/aromatic N) is 2. The van der Waals surface area contributed by atoms with Crippen LogP contribution in [0.25, 0.3) is 0 Å². The molecule has 1 N–H and O–H groups in total. The van der Waals surface area contributed by atoms with E-state index in [0.29, 0.717) is 0 Å². The van der Waals surface area contributed by atoms with Crippen LogP contribution < -0.4 is 4.90 Å². The fourth-order valence-corrected chi connectivity index (χ4v) is 2.66. The monoisotopic (exact) mass is 310 g/mol. The second-order valence-electron chi connectivity index (χ2n) is 4.87. The second-order valence-corrected chi connectivity index (χ2v) is 4.87. The van der Waals surface area contributed by atoms with Gasteiger partial charge in [-0.3, -0.25) is 0 Å². The number of allylic oxidation sites excluding steroid dienone is 1. The van der Waals surface area contributed by atoms with Crippen LogP contribution in [-0.2, 0) is 4.79 Å². The van der Waals surface area contributed by atoms with Crippen LogP contribution in [0.15, 0.2) is 35.5 Å². The minimum atomic E-state index is -4.57. The van der Waals surface area contributed by atoms with Crippen LogP contribution in [-0.4, -0.2) is 23.3 Å². The fourth-order valence-electron chi connectivity index (χ4n) is 2.66. The van der Waals surface area contributed by atoms with E-state index in [1.807, 2.05) is 6.07 Å². The maximum atomic E-state index is 13.1. The molecule has 0 aliphatic carbocycles. The summed E-state index contributed by atoms with van der Waals surface area (Å²) in [4.78, 5) is 12.5. The third-order valence-electron chi connectivity index (χ3n) is 3.56. The van der Waals surface area contributed by atoms with Crippen molar-refractivity contribution in [2.45, 2.75) is 32.0 Å². The minimum absolute atomic E-state index is 0.0510. The van der Waals surface area contributed by atoms with Crippen molar-refractivity contribution < 1.29 is 23.1 Å². The van der Waals surface area contributed by atoms with Crippen molar-refractivity contribution in [3.8, 4) is 6.07 Å². The molecule has 0 aromatic heterocycles. The van der Waals surface area contributed by atoms with E-state index in [1.54, 1.807) is 6.92 Å². The first-order valence-corrected chi connectivity index (χ1v) is 6.61. The number of carboxylic acids is 1. The molecule has 0 fully saturated rings. The van der Waals surface area contributed by atoms with Gasteiger partial charge in [0.2, 0.25) is 0 Å². The number of halogens is 3. The van der Waals surface area contributed by atoms with Gasteiger partial charge in [0, 0.05) is 17.8 Å². The first-order valence-electron chi connectivity index (χ1n) is 6.61. The lowest BCUT2D eigenvalue weighted by Crippen LogP contribution is -2.36. The van der Waals surface area contributed by atoms with E-state index >= 15 is 0 Å². The van der Waals surface area contributed by atoms with Crippen LogP contribution in [0.3, 0.4) is 0 Å². The van der Waals surface area contributed by atoms with Crippen LogP contribution in [0.5, 0.6) is 0 Å². The Morgan fingerprint density at radius 1 is 1.50 bits per heavy atom. The predicted octanol–water partition coefficient (Wildman–Crippen LogP) is 3.45. The lowest BCUT2D eigenvalue weighted by atomic mass is 10.1. The molecule has 0 radical (unpaired) electrons. The third-order valence-corrected chi connectivity index (χ3v) is 3.56. The summed E-state index contributed by atoms with van der Waals surface area (Å²) >= 11 is 0. The number of nitriles is 1. The molecular formula is C15H13F3N2O2. The summed E-state index contributed by atoms with van der Waals surface area (Å²) in [5.41, 5.74) is -0.333. The van der Waals surface area contributed by atoms with E-state index in [0.717, 1.165) is 0 Å². The van der Waals surface area contributed by atoms with Crippen molar-refractivity contribution in [3.63, 3.8) is 0 Å². The van der Waals surface area contributed by atoms with Gasteiger partial charge in [-0.1, -0.05) is 13.0 Å². The Balaban J connectivity index is 2.59. The molecular weight excluding hydrogens is 297 g/mol. The summed E-state index contributed by atoms with van der Waals surface area (Å²) in [6.07, 6.45) is -5.12. The van der Waals surface area contributed by atoms with E-state index in [9.17, 15) is 23.1 Å². The van der Waals surface area contributed by atoms with Crippen LogP contribution in [0.1, 0.15) is 25.3 Å². The van der Waals surface area contributed by atoms with E-state index < -0.39 is 30.2 Å². The summed E-state index contributed by atoms with van der Waals surface area (Å²) in [7, 11) is 0. The van der Waals surface area contributed by atoms with Gasteiger partial charge < -0.3 is 10.0 Å². The van der Waals surface area contributed by atoms with Gasteiger partial charge in [0.05, 0.1) is 17.2 Å². The number of hydrogen-bond donors (Lipinski definition) is 1. The summed E-state index contributed by atoms with van der Waals surface area (Å²) in [5.74, 6) is -1.33. The summed E-state index contributed by atoms with van der Waals surface area (Å²) in [6, 6.07) is 6.51. The van der Waals surface area contributed by atoms with Crippen LogP contribution in [0, 0.1) is 11.3 Å². The molecule has 4 nitrogen and oxygen atoms in total. The fraction of sp³-hybridized carbons (Fsp3) is 0.333. The Bertz CT molecular complexity index is 674.